The van der Waals surface area contributed by atoms with Crippen molar-refractivity contribution in [3.8, 4) is 0 Å². The second-order valence-electron chi connectivity index (χ2n) is 14.0. The molecule has 0 aliphatic carbocycles. The number of amides is 9. The molecule has 23 nitrogen and oxygen atoms in total. The van der Waals surface area contributed by atoms with E-state index in [-0.39, 0.29) is 38.9 Å². The van der Waals surface area contributed by atoms with Gasteiger partial charge < -0.3 is 63.4 Å². The maximum Gasteiger partial charge on any atom is 0.326 e. The van der Waals surface area contributed by atoms with Crippen LogP contribution in [0.4, 0.5) is 0 Å². The molecular formula is C33H50N10O13. The molecule has 0 aromatic carbocycles. The van der Waals surface area contributed by atoms with Gasteiger partial charge in [0.15, 0.2) is 0 Å². The molecule has 3 aliphatic heterocycles. The van der Waals surface area contributed by atoms with Crippen molar-refractivity contribution in [2.24, 2.45) is 17.2 Å². The average molecular weight is 795 g/mol. The number of aliphatic carboxylic acids is 2. The van der Waals surface area contributed by atoms with Crippen molar-refractivity contribution >= 4 is 65.1 Å². The maximum absolute atomic E-state index is 13.9. The molecule has 23 heteroatoms. The van der Waals surface area contributed by atoms with E-state index in [0.717, 1.165) is 0 Å². The van der Waals surface area contributed by atoms with Gasteiger partial charge in [0.05, 0.1) is 25.3 Å². The zero-order valence-electron chi connectivity index (χ0n) is 31.1. The summed E-state index contributed by atoms with van der Waals surface area (Å²) in [4.78, 5) is 142. The minimum atomic E-state index is -1.68. The third kappa shape index (κ3) is 11.6. The van der Waals surface area contributed by atoms with Crippen LogP contribution in [0.15, 0.2) is 0 Å². The molecule has 0 unspecified atom stereocenters. The van der Waals surface area contributed by atoms with Crippen LogP contribution in [0, 0.1) is 0 Å². The fourth-order valence-corrected chi connectivity index (χ4v) is 6.95. The number of hydrogen-bond donors (Lipinski definition) is 9. The SMILES string of the molecule is C[C@H](NC(=O)[C@H](CC(N)=O)NC(=O)[C@@H]1CCCN1C(=O)[C@@H]1CCCN1C(=O)[C@H](C)NC(=O)[C@@H]1CCCN1C(=O)[C@@H](N)CC(=O)O)C(=O)N[C@@H](CC(N)=O)C(=O)O. The number of primary amides is 2. The molecule has 8 atom stereocenters. The van der Waals surface area contributed by atoms with E-state index in [1.54, 1.807) is 0 Å². The first-order chi connectivity index (χ1) is 26.2. The summed E-state index contributed by atoms with van der Waals surface area (Å²) in [6, 6.07) is -10.3. The fourth-order valence-electron chi connectivity index (χ4n) is 6.95. The van der Waals surface area contributed by atoms with Crippen molar-refractivity contribution in [1.29, 1.82) is 0 Å². The lowest BCUT2D eigenvalue weighted by atomic mass is 10.1. The Hall–Kier alpha value is -5.87. The summed E-state index contributed by atoms with van der Waals surface area (Å²) in [6.07, 6.45) is -0.103. The molecule has 9 amide bonds. The van der Waals surface area contributed by atoms with E-state index in [0.29, 0.717) is 19.3 Å². The minimum Gasteiger partial charge on any atom is -0.481 e. The minimum absolute atomic E-state index is 0.122. The summed E-state index contributed by atoms with van der Waals surface area (Å²) in [5.41, 5.74) is 16.1. The van der Waals surface area contributed by atoms with Crippen molar-refractivity contribution < 1.29 is 63.0 Å². The van der Waals surface area contributed by atoms with E-state index in [1.807, 2.05) is 0 Å². The van der Waals surface area contributed by atoms with Crippen molar-refractivity contribution in [3.63, 3.8) is 0 Å². The highest BCUT2D eigenvalue weighted by molar-refractivity contribution is 5.99. The van der Waals surface area contributed by atoms with Crippen LogP contribution in [-0.2, 0) is 52.7 Å². The zero-order chi connectivity index (χ0) is 42.0. The van der Waals surface area contributed by atoms with Crippen LogP contribution < -0.4 is 38.5 Å². The first-order valence-corrected chi connectivity index (χ1v) is 18.1. The topological polar surface area (TPSA) is 364 Å². The summed E-state index contributed by atoms with van der Waals surface area (Å²) in [5.74, 6) is -10.2. The molecule has 0 radical (unpaired) electrons. The number of hydrogen-bond acceptors (Lipinski definition) is 12. The summed E-state index contributed by atoms with van der Waals surface area (Å²) >= 11 is 0. The first-order valence-electron chi connectivity index (χ1n) is 18.1. The molecule has 0 bridgehead atoms. The van der Waals surface area contributed by atoms with Gasteiger partial charge in [-0.1, -0.05) is 0 Å². The maximum atomic E-state index is 13.9. The highest BCUT2D eigenvalue weighted by Crippen LogP contribution is 2.26. The number of rotatable bonds is 18. The number of likely N-dealkylation sites (tertiary alicyclic amines) is 3. The number of nitrogens with one attached hydrogen (secondary N) is 4. The van der Waals surface area contributed by atoms with E-state index in [4.69, 9.17) is 22.3 Å². The van der Waals surface area contributed by atoms with Gasteiger partial charge in [-0.15, -0.1) is 0 Å². The van der Waals surface area contributed by atoms with E-state index in [9.17, 15) is 57.8 Å². The van der Waals surface area contributed by atoms with Gasteiger partial charge in [-0.05, 0) is 52.4 Å². The Morgan fingerprint density at radius 3 is 1.61 bits per heavy atom. The Morgan fingerprint density at radius 2 is 1.07 bits per heavy atom. The van der Waals surface area contributed by atoms with Crippen LogP contribution in [-0.4, -0.2) is 158 Å². The van der Waals surface area contributed by atoms with Gasteiger partial charge in [-0.25, -0.2) is 4.79 Å². The van der Waals surface area contributed by atoms with Gasteiger partial charge >= 0.3 is 11.9 Å². The van der Waals surface area contributed by atoms with Gasteiger partial charge in [0.2, 0.25) is 53.2 Å². The highest BCUT2D eigenvalue weighted by Gasteiger charge is 2.44. The Morgan fingerprint density at radius 1 is 0.589 bits per heavy atom. The first kappa shape index (κ1) is 44.5. The Kier molecular flexibility index (Phi) is 15.6. The molecule has 0 saturated carbocycles. The van der Waals surface area contributed by atoms with Crippen LogP contribution >= 0.6 is 0 Å². The van der Waals surface area contributed by atoms with Gasteiger partial charge in [-0.2, -0.15) is 0 Å². The molecule has 3 fully saturated rings. The standard InChI is InChI=1S/C33H50N10O13/c1-15(26(48)40-19(33(55)56)14-24(36)45)37-27(49)18(13-23(35)44)39-29(51)21-7-4-10-42(21)32(54)22-8-5-11-43(22)30(52)16(2)38-28(50)20-6-3-9-41(20)31(53)17(34)12-25(46)47/h15-22H,3-14,34H2,1-2H3,(H2,35,44)(H2,36,45)(H,37,49)(H,38,50)(H,39,51)(H,40,48)(H,46,47)(H,55,56)/t15-,16-,17-,18-,19-,20-,21-,22-/m0/s1. The van der Waals surface area contributed by atoms with Gasteiger partial charge in [-0.3, -0.25) is 47.9 Å². The predicted molar refractivity (Wildman–Crippen MR) is 189 cm³/mol. The molecular weight excluding hydrogens is 744 g/mol. The second kappa shape index (κ2) is 19.6. The number of carbonyl (C=O) groups is 11. The molecule has 310 valence electrons. The number of nitrogens with zero attached hydrogens (tertiary/aromatic N) is 3. The van der Waals surface area contributed by atoms with E-state index < -0.39 is 133 Å². The lowest BCUT2D eigenvalue weighted by molar-refractivity contribution is -0.148. The molecule has 0 aromatic rings. The van der Waals surface area contributed by atoms with Crippen LogP contribution in [0.3, 0.4) is 0 Å². The van der Waals surface area contributed by atoms with E-state index in [1.165, 1.54) is 28.5 Å². The normalized spacial score (nSPS) is 21.8. The molecule has 0 aromatic heterocycles. The number of nitrogens with two attached hydrogens (primary N) is 3. The number of carboxylic acids is 2. The lowest BCUT2D eigenvalue weighted by Crippen LogP contribution is -2.59. The summed E-state index contributed by atoms with van der Waals surface area (Å²) in [5, 5.41) is 27.5. The average Bonchev–Trinajstić information content (AvgIpc) is 3.90. The van der Waals surface area contributed by atoms with Crippen molar-refractivity contribution in [3.05, 3.63) is 0 Å². The lowest BCUT2D eigenvalue weighted by Gasteiger charge is -2.33. The molecule has 12 N–H and O–H groups in total. The number of carbonyl (C=O) groups excluding carboxylic acids is 9. The molecule has 56 heavy (non-hydrogen) atoms. The third-order valence-corrected chi connectivity index (χ3v) is 9.75. The van der Waals surface area contributed by atoms with E-state index >= 15 is 0 Å². The van der Waals surface area contributed by atoms with Gasteiger partial charge in [0.25, 0.3) is 0 Å². The van der Waals surface area contributed by atoms with Crippen LogP contribution in [0.1, 0.15) is 71.6 Å². The van der Waals surface area contributed by atoms with Crippen molar-refractivity contribution in [1.82, 2.24) is 36.0 Å². The highest BCUT2D eigenvalue weighted by atomic mass is 16.4. The van der Waals surface area contributed by atoms with Gasteiger partial charge in [0, 0.05) is 19.6 Å². The van der Waals surface area contributed by atoms with Crippen LogP contribution in [0.2, 0.25) is 0 Å². The predicted octanol–water partition coefficient (Wildman–Crippen LogP) is -5.42. The Bertz CT molecular complexity index is 1610. The second-order valence-corrected chi connectivity index (χ2v) is 14.0. The largest absolute Gasteiger partial charge is 0.481 e. The Labute approximate surface area is 320 Å². The number of carboxylic acid groups (broad SMARTS) is 2. The molecule has 3 aliphatic rings. The van der Waals surface area contributed by atoms with Crippen molar-refractivity contribution in [2.45, 2.75) is 120 Å². The molecule has 0 spiro atoms. The smallest absolute Gasteiger partial charge is 0.326 e. The van der Waals surface area contributed by atoms with Crippen molar-refractivity contribution in [2.75, 3.05) is 19.6 Å². The van der Waals surface area contributed by atoms with Gasteiger partial charge in [0.1, 0.15) is 42.3 Å². The Balaban J connectivity index is 1.65. The summed E-state index contributed by atoms with van der Waals surface area (Å²) < 4.78 is 0. The van der Waals surface area contributed by atoms with E-state index in [2.05, 4.69) is 21.3 Å². The monoisotopic (exact) mass is 794 g/mol. The quantitative estimate of drug-likeness (QED) is 0.0626. The fraction of sp³-hybridized carbons (Fsp3) is 0.667. The molecule has 3 heterocycles. The zero-order valence-corrected chi connectivity index (χ0v) is 31.1. The molecule has 3 rings (SSSR count). The third-order valence-electron chi connectivity index (χ3n) is 9.75. The van der Waals surface area contributed by atoms with Crippen LogP contribution in [0.5, 0.6) is 0 Å². The molecule has 3 saturated heterocycles. The van der Waals surface area contributed by atoms with Crippen LogP contribution in [0.25, 0.3) is 0 Å². The summed E-state index contributed by atoms with van der Waals surface area (Å²) in [6.45, 7) is 3.07. The summed E-state index contributed by atoms with van der Waals surface area (Å²) in [7, 11) is 0.